The lowest BCUT2D eigenvalue weighted by Gasteiger charge is -2.08. The number of fused-ring (bicyclic) bond motifs is 1. The van der Waals surface area contributed by atoms with Crippen molar-refractivity contribution in [1.82, 2.24) is 24.7 Å². The molecular weight excluding hydrogens is 448 g/mol. The Balaban J connectivity index is 1.37. The largest absolute Gasteiger partial charge is 0.454 e. The Hall–Kier alpha value is -3.05. The van der Waals surface area contributed by atoms with Gasteiger partial charge in [-0.1, -0.05) is 29.6 Å². The van der Waals surface area contributed by atoms with E-state index in [2.05, 4.69) is 32.1 Å². The summed E-state index contributed by atoms with van der Waals surface area (Å²) in [5, 5.41) is 12.8. The summed E-state index contributed by atoms with van der Waals surface area (Å²) in [5.74, 6) is 2.67. The molecule has 1 aromatic carbocycles. The molecule has 4 rings (SSSR count). The lowest BCUT2D eigenvalue weighted by atomic mass is 10.3. The number of nitrogens with one attached hydrogen (secondary N) is 1. The van der Waals surface area contributed by atoms with Crippen LogP contribution in [0, 0.1) is 13.8 Å². The van der Waals surface area contributed by atoms with Gasteiger partial charge in [-0.25, -0.2) is 9.97 Å². The Morgan fingerprint density at radius 1 is 1.16 bits per heavy atom. The molecule has 11 heteroatoms. The lowest BCUT2D eigenvalue weighted by Crippen LogP contribution is -2.14. The number of ether oxygens (including phenoxy) is 2. The van der Waals surface area contributed by atoms with Gasteiger partial charge in [0.15, 0.2) is 21.8 Å². The van der Waals surface area contributed by atoms with Gasteiger partial charge < -0.3 is 19.4 Å². The predicted octanol–water partition coefficient (Wildman–Crippen LogP) is 3.62. The predicted molar refractivity (Wildman–Crippen MR) is 123 cm³/mol. The Bertz CT molecular complexity index is 1130. The molecular formula is C21H22N6O3S2. The number of allylic oxidation sites excluding steroid dienone is 1. The molecule has 0 bridgehead atoms. The van der Waals surface area contributed by atoms with Crippen LogP contribution >= 0.6 is 23.5 Å². The van der Waals surface area contributed by atoms with Crippen LogP contribution in [0.2, 0.25) is 0 Å². The van der Waals surface area contributed by atoms with Gasteiger partial charge in [-0.15, -0.1) is 16.8 Å². The van der Waals surface area contributed by atoms with Crippen molar-refractivity contribution in [3.05, 3.63) is 54.1 Å². The molecule has 1 amide bonds. The maximum atomic E-state index is 12.4. The van der Waals surface area contributed by atoms with Gasteiger partial charge in [0.25, 0.3) is 0 Å². The van der Waals surface area contributed by atoms with E-state index in [9.17, 15) is 4.79 Å². The third-order valence-electron chi connectivity index (χ3n) is 4.39. The third kappa shape index (κ3) is 5.40. The fourth-order valence-corrected chi connectivity index (χ4v) is 4.69. The van der Waals surface area contributed by atoms with E-state index >= 15 is 0 Å². The molecule has 0 saturated heterocycles. The summed E-state index contributed by atoms with van der Waals surface area (Å²) in [7, 11) is 0. The average molecular weight is 471 g/mol. The summed E-state index contributed by atoms with van der Waals surface area (Å²) < 4.78 is 12.6. The van der Waals surface area contributed by atoms with Crippen LogP contribution in [0.1, 0.15) is 17.2 Å². The van der Waals surface area contributed by atoms with Crippen LogP contribution in [0.15, 0.2) is 47.2 Å². The standard InChI is InChI=1S/C21H22N6O3S2/c1-4-7-27-18(10-31-20-22-13(2)8-14(3)23-20)25-26-21(27)32-11-19(28)24-15-5-6-16-17(9-15)30-12-29-16/h4-6,8-9H,1,7,10-12H2,2-3H3,(H,24,28). The Labute approximate surface area is 194 Å². The number of aromatic nitrogens is 5. The lowest BCUT2D eigenvalue weighted by molar-refractivity contribution is -0.113. The smallest absolute Gasteiger partial charge is 0.234 e. The summed E-state index contributed by atoms with van der Waals surface area (Å²) in [6, 6.07) is 7.24. The monoisotopic (exact) mass is 470 g/mol. The molecule has 1 aliphatic heterocycles. The van der Waals surface area contributed by atoms with Gasteiger partial charge in [-0.05, 0) is 32.0 Å². The highest BCUT2D eigenvalue weighted by Crippen LogP contribution is 2.34. The molecule has 0 unspecified atom stereocenters. The topological polar surface area (TPSA) is 104 Å². The zero-order chi connectivity index (χ0) is 22.5. The molecule has 3 aromatic rings. The quantitative estimate of drug-likeness (QED) is 0.285. The molecule has 32 heavy (non-hydrogen) atoms. The number of aryl methyl sites for hydroxylation is 2. The zero-order valence-corrected chi connectivity index (χ0v) is 19.3. The van der Waals surface area contributed by atoms with Gasteiger partial charge >= 0.3 is 0 Å². The molecule has 0 spiro atoms. The van der Waals surface area contributed by atoms with Crippen LogP contribution in [0.5, 0.6) is 11.5 Å². The molecule has 1 N–H and O–H groups in total. The first-order valence-electron chi connectivity index (χ1n) is 9.82. The summed E-state index contributed by atoms with van der Waals surface area (Å²) in [6.45, 7) is 8.45. The zero-order valence-electron chi connectivity index (χ0n) is 17.7. The number of hydrogen-bond donors (Lipinski definition) is 1. The van der Waals surface area contributed by atoms with Crippen molar-refractivity contribution >= 4 is 35.1 Å². The van der Waals surface area contributed by atoms with Crippen LogP contribution in [0.4, 0.5) is 5.69 Å². The van der Waals surface area contributed by atoms with E-state index < -0.39 is 0 Å². The molecule has 0 fully saturated rings. The second kappa shape index (κ2) is 10.0. The van der Waals surface area contributed by atoms with Crippen LogP contribution in [0.3, 0.4) is 0 Å². The van der Waals surface area contributed by atoms with Gasteiger partial charge in [0.2, 0.25) is 12.7 Å². The van der Waals surface area contributed by atoms with Crippen LogP contribution < -0.4 is 14.8 Å². The van der Waals surface area contributed by atoms with Gasteiger partial charge in [0, 0.05) is 29.7 Å². The Morgan fingerprint density at radius 3 is 2.72 bits per heavy atom. The summed E-state index contributed by atoms with van der Waals surface area (Å²) in [5.41, 5.74) is 2.51. The van der Waals surface area contributed by atoms with Crippen molar-refractivity contribution in [1.29, 1.82) is 0 Å². The first-order valence-corrected chi connectivity index (χ1v) is 11.8. The highest BCUT2D eigenvalue weighted by molar-refractivity contribution is 7.99. The second-order valence-corrected chi connectivity index (χ2v) is 8.81. The molecule has 0 aliphatic carbocycles. The molecule has 2 aromatic heterocycles. The van der Waals surface area contributed by atoms with Crippen molar-refractivity contribution in [2.24, 2.45) is 0 Å². The van der Waals surface area contributed by atoms with Gasteiger partial charge in [0.05, 0.1) is 11.5 Å². The SMILES string of the molecule is C=CCn1c(CSc2nc(C)cc(C)n2)nnc1SCC(=O)Nc1ccc2c(c1)OCO2. The number of amides is 1. The van der Waals surface area contributed by atoms with E-state index in [1.54, 1.807) is 24.3 Å². The van der Waals surface area contributed by atoms with E-state index in [4.69, 9.17) is 9.47 Å². The first-order chi connectivity index (χ1) is 15.5. The fraction of sp³-hybridized carbons (Fsp3) is 0.286. The number of rotatable bonds is 9. The number of carbonyl (C=O) groups is 1. The number of nitrogens with zero attached hydrogens (tertiary/aromatic N) is 5. The Morgan fingerprint density at radius 2 is 1.94 bits per heavy atom. The minimum absolute atomic E-state index is 0.151. The number of carbonyl (C=O) groups excluding carboxylic acids is 1. The van der Waals surface area contributed by atoms with Crippen LogP contribution in [0.25, 0.3) is 0 Å². The van der Waals surface area contributed by atoms with Gasteiger partial charge in [0.1, 0.15) is 5.82 Å². The summed E-state index contributed by atoms with van der Waals surface area (Å²) in [6.07, 6.45) is 1.78. The Kier molecular flexibility index (Phi) is 6.96. The molecule has 9 nitrogen and oxygen atoms in total. The second-order valence-electron chi connectivity index (χ2n) is 6.92. The van der Waals surface area contributed by atoms with Crippen molar-refractivity contribution in [2.75, 3.05) is 17.9 Å². The van der Waals surface area contributed by atoms with Gasteiger partial charge in [-0.3, -0.25) is 4.79 Å². The molecule has 0 saturated carbocycles. The number of benzene rings is 1. The minimum atomic E-state index is -0.151. The first kappa shape index (κ1) is 22.2. The highest BCUT2D eigenvalue weighted by Gasteiger charge is 2.16. The molecule has 0 atom stereocenters. The molecule has 0 radical (unpaired) electrons. The normalized spacial score (nSPS) is 12.1. The van der Waals surface area contributed by atoms with E-state index in [1.807, 2.05) is 24.5 Å². The van der Waals surface area contributed by atoms with Crippen molar-refractivity contribution < 1.29 is 14.3 Å². The van der Waals surface area contributed by atoms with Crippen LogP contribution in [-0.4, -0.2) is 43.2 Å². The summed E-state index contributed by atoms with van der Waals surface area (Å²) in [4.78, 5) is 21.3. The third-order valence-corrected chi connectivity index (χ3v) is 6.20. The van der Waals surface area contributed by atoms with Crippen LogP contribution in [-0.2, 0) is 17.1 Å². The van der Waals surface area contributed by atoms with E-state index in [1.165, 1.54) is 23.5 Å². The van der Waals surface area contributed by atoms with Crippen molar-refractivity contribution in [3.8, 4) is 11.5 Å². The number of hydrogen-bond acceptors (Lipinski definition) is 9. The maximum Gasteiger partial charge on any atom is 0.234 e. The highest BCUT2D eigenvalue weighted by atomic mass is 32.2. The number of anilines is 1. The van der Waals surface area contributed by atoms with E-state index in [0.29, 0.717) is 39.8 Å². The van der Waals surface area contributed by atoms with Crippen molar-refractivity contribution in [3.63, 3.8) is 0 Å². The fourth-order valence-electron chi connectivity index (χ4n) is 3.03. The molecule has 166 valence electrons. The average Bonchev–Trinajstić information content (AvgIpc) is 3.37. The van der Waals surface area contributed by atoms with E-state index in [0.717, 1.165) is 17.2 Å². The number of thioether (sulfide) groups is 2. The molecule has 3 heterocycles. The minimum Gasteiger partial charge on any atom is -0.454 e. The van der Waals surface area contributed by atoms with Crippen molar-refractivity contribution in [2.45, 2.75) is 36.5 Å². The summed E-state index contributed by atoms with van der Waals surface area (Å²) >= 11 is 2.82. The molecule has 1 aliphatic rings. The van der Waals surface area contributed by atoms with E-state index in [-0.39, 0.29) is 18.5 Å². The van der Waals surface area contributed by atoms with Gasteiger partial charge in [-0.2, -0.15) is 0 Å². The maximum absolute atomic E-state index is 12.4.